The van der Waals surface area contributed by atoms with Crippen molar-refractivity contribution in [1.29, 1.82) is 0 Å². The number of ether oxygens (including phenoxy) is 1. The number of amides is 1. The van der Waals surface area contributed by atoms with Crippen LogP contribution < -0.4 is 0 Å². The van der Waals surface area contributed by atoms with Gasteiger partial charge in [-0.3, -0.25) is 4.79 Å². The van der Waals surface area contributed by atoms with Crippen LogP contribution in [0.3, 0.4) is 0 Å². The van der Waals surface area contributed by atoms with Crippen LogP contribution in [0.4, 0.5) is 4.79 Å². The summed E-state index contributed by atoms with van der Waals surface area (Å²) in [5, 5.41) is 8.82. The van der Waals surface area contributed by atoms with Gasteiger partial charge in [0, 0.05) is 19.5 Å². The Kier molecular flexibility index (Phi) is 4.48. The van der Waals surface area contributed by atoms with E-state index in [9.17, 15) is 14.4 Å². The molecule has 6 heteroatoms. The highest BCUT2D eigenvalue weighted by Gasteiger charge is 2.43. The number of likely N-dealkylation sites (tertiary alicyclic amines) is 1. The minimum atomic E-state index is -0.992. The zero-order valence-corrected chi connectivity index (χ0v) is 9.85. The Hall–Kier alpha value is -1.59. The molecule has 0 aromatic carbocycles. The van der Waals surface area contributed by atoms with E-state index in [1.807, 2.05) is 0 Å². The molecule has 0 saturated carbocycles. The van der Waals surface area contributed by atoms with Crippen molar-refractivity contribution in [1.82, 2.24) is 4.90 Å². The molecule has 17 heavy (non-hydrogen) atoms. The zero-order valence-electron chi connectivity index (χ0n) is 9.85. The molecule has 6 nitrogen and oxygen atoms in total. The lowest BCUT2D eigenvalue weighted by Crippen LogP contribution is -2.47. The molecule has 1 aliphatic heterocycles. The van der Waals surface area contributed by atoms with Crippen molar-refractivity contribution >= 4 is 18.3 Å². The number of aldehydes is 1. The van der Waals surface area contributed by atoms with Crippen molar-refractivity contribution in [3.63, 3.8) is 0 Å². The maximum Gasteiger partial charge on any atom is 0.407 e. The van der Waals surface area contributed by atoms with E-state index >= 15 is 0 Å². The molecule has 0 bridgehead atoms. The van der Waals surface area contributed by atoms with Gasteiger partial charge in [0.25, 0.3) is 0 Å². The maximum atomic E-state index is 11.8. The molecule has 0 atom stereocenters. The van der Waals surface area contributed by atoms with Gasteiger partial charge in [-0.05, 0) is 19.8 Å². The molecular weight excluding hydrogens is 226 g/mol. The van der Waals surface area contributed by atoms with Gasteiger partial charge in [-0.2, -0.15) is 0 Å². The van der Waals surface area contributed by atoms with Crippen molar-refractivity contribution in [3.05, 3.63) is 0 Å². The van der Waals surface area contributed by atoms with E-state index < -0.39 is 17.5 Å². The molecule has 96 valence electrons. The van der Waals surface area contributed by atoms with Crippen LogP contribution in [0.5, 0.6) is 0 Å². The summed E-state index contributed by atoms with van der Waals surface area (Å²) in [5.41, 5.74) is -0.830. The predicted molar refractivity (Wildman–Crippen MR) is 58.6 cm³/mol. The number of carbonyl (C=O) groups is 3. The second-order valence-corrected chi connectivity index (χ2v) is 4.14. The Morgan fingerprint density at radius 3 is 2.41 bits per heavy atom. The standard InChI is InChI=1S/C11H17NO5/c1-2-17-9(14)11(5-8-13)3-6-12(7-4-11)10(15)16/h8H,2-7H2,1H3,(H,15,16). The summed E-state index contributed by atoms with van der Waals surface area (Å²) < 4.78 is 4.97. The molecule has 0 aromatic heterocycles. The molecule has 1 N–H and O–H groups in total. The second kappa shape index (κ2) is 5.65. The quantitative estimate of drug-likeness (QED) is 0.585. The summed E-state index contributed by atoms with van der Waals surface area (Å²) in [7, 11) is 0. The molecular formula is C11H17NO5. The zero-order chi connectivity index (χ0) is 12.9. The third kappa shape index (κ3) is 2.95. The Morgan fingerprint density at radius 2 is 2.00 bits per heavy atom. The predicted octanol–water partition coefficient (Wildman–Crippen LogP) is 0.899. The Labute approximate surface area is 99.5 Å². The lowest BCUT2D eigenvalue weighted by atomic mass is 9.76. The van der Waals surface area contributed by atoms with Crippen LogP contribution in [0.2, 0.25) is 0 Å². The number of nitrogens with zero attached hydrogens (tertiary/aromatic N) is 1. The number of rotatable bonds is 4. The van der Waals surface area contributed by atoms with E-state index in [1.165, 1.54) is 4.90 Å². The topological polar surface area (TPSA) is 83.9 Å². The van der Waals surface area contributed by atoms with Crippen molar-refractivity contribution in [2.75, 3.05) is 19.7 Å². The van der Waals surface area contributed by atoms with Gasteiger partial charge >= 0.3 is 12.1 Å². The number of piperidine rings is 1. The van der Waals surface area contributed by atoms with Gasteiger partial charge in [0.15, 0.2) is 0 Å². The SMILES string of the molecule is CCOC(=O)C1(CC=O)CCN(C(=O)O)CC1. The molecule has 1 heterocycles. The Morgan fingerprint density at radius 1 is 1.41 bits per heavy atom. The molecule has 1 fully saturated rings. The fraction of sp³-hybridized carbons (Fsp3) is 0.727. The van der Waals surface area contributed by atoms with Gasteiger partial charge in [-0.25, -0.2) is 4.79 Å². The minimum Gasteiger partial charge on any atom is -0.466 e. The number of hydrogen-bond acceptors (Lipinski definition) is 4. The average Bonchev–Trinajstić information content (AvgIpc) is 2.30. The molecule has 1 rings (SSSR count). The molecule has 0 radical (unpaired) electrons. The highest BCUT2D eigenvalue weighted by molar-refractivity contribution is 5.80. The third-order valence-electron chi connectivity index (χ3n) is 3.17. The van der Waals surface area contributed by atoms with Gasteiger partial charge < -0.3 is 19.5 Å². The summed E-state index contributed by atoms with van der Waals surface area (Å²) >= 11 is 0. The van der Waals surface area contributed by atoms with Crippen LogP contribution in [-0.4, -0.2) is 48.1 Å². The molecule has 1 aliphatic rings. The Bertz CT molecular complexity index is 307. The number of hydrogen-bond donors (Lipinski definition) is 1. The summed E-state index contributed by atoms with van der Waals surface area (Å²) in [6.45, 7) is 2.50. The second-order valence-electron chi connectivity index (χ2n) is 4.14. The molecule has 0 unspecified atom stereocenters. The first kappa shape index (κ1) is 13.5. The van der Waals surface area contributed by atoms with Gasteiger partial charge in [0.05, 0.1) is 12.0 Å². The minimum absolute atomic E-state index is 0.0965. The lowest BCUT2D eigenvalue weighted by Gasteiger charge is -2.37. The van der Waals surface area contributed by atoms with E-state index in [1.54, 1.807) is 6.92 Å². The summed E-state index contributed by atoms with van der Waals surface area (Å²) in [6, 6.07) is 0. The molecule has 0 aliphatic carbocycles. The highest BCUT2D eigenvalue weighted by atomic mass is 16.5. The summed E-state index contributed by atoms with van der Waals surface area (Å²) in [5.74, 6) is -0.392. The van der Waals surface area contributed by atoms with E-state index in [0.717, 1.165) is 0 Å². The fourth-order valence-electron chi connectivity index (χ4n) is 2.06. The monoisotopic (exact) mass is 243 g/mol. The average molecular weight is 243 g/mol. The normalized spacial score (nSPS) is 18.5. The van der Waals surface area contributed by atoms with Gasteiger partial charge in [-0.1, -0.05) is 0 Å². The Balaban J connectivity index is 2.72. The largest absolute Gasteiger partial charge is 0.466 e. The van der Waals surface area contributed by atoms with E-state index in [-0.39, 0.29) is 26.1 Å². The van der Waals surface area contributed by atoms with E-state index in [4.69, 9.17) is 9.84 Å². The van der Waals surface area contributed by atoms with E-state index in [2.05, 4.69) is 0 Å². The van der Waals surface area contributed by atoms with Crippen molar-refractivity contribution in [2.45, 2.75) is 26.2 Å². The number of carbonyl (C=O) groups excluding carboxylic acids is 2. The van der Waals surface area contributed by atoms with Gasteiger partial charge in [-0.15, -0.1) is 0 Å². The van der Waals surface area contributed by atoms with Crippen LogP contribution in [0.15, 0.2) is 0 Å². The van der Waals surface area contributed by atoms with Crippen molar-refractivity contribution in [2.24, 2.45) is 5.41 Å². The van der Waals surface area contributed by atoms with Gasteiger partial charge in [0.1, 0.15) is 6.29 Å². The molecule has 1 saturated heterocycles. The smallest absolute Gasteiger partial charge is 0.407 e. The van der Waals surface area contributed by atoms with Crippen LogP contribution in [0, 0.1) is 5.41 Å². The molecule has 0 spiro atoms. The van der Waals surface area contributed by atoms with Crippen LogP contribution >= 0.6 is 0 Å². The number of carboxylic acid groups (broad SMARTS) is 1. The first-order chi connectivity index (χ1) is 8.05. The maximum absolute atomic E-state index is 11.8. The van der Waals surface area contributed by atoms with Crippen molar-refractivity contribution in [3.8, 4) is 0 Å². The third-order valence-corrected chi connectivity index (χ3v) is 3.17. The molecule has 0 aromatic rings. The first-order valence-corrected chi connectivity index (χ1v) is 5.64. The van der Waals surface area contributed by atoms with E-state index in [0.29, 0.717) is 19.1 Å². The fourth-order valence-corrected chi connectivity index (χ4v) is 2.06. The number of esters is 1. The summed E-state index contributed by atoms with van der Waals surface area (Å²) in [4.78, 5) is 34.5. The van der Waals surface area contributed by atoms with Gasteiger partial charge in [0.2, 0.25) is 0 Å². The van der Waals surface area contributed by atoms with Crippen LogP contribution in [0.1, 0.15) is 26.2 Å². The highest BCUT2D eigenvalue weighted by Crippen LogP contribution is 2.35. The summed E-state index contributed by atoms with van der Waals surface area (Å²) in [6.07, 6.45) is 0.494. The van der Waals surface area contributed by atoms with Crippen LogP contribution in [-0.2, 0) is 14.3 Å². The first-order valence-electron chi connectivity index (χ1n) is 5.64. The van der Waals surface area contributed by atoms with Crippen LogP contribution in [0.25, 0.3) is 0 Å². The lowest BCUT2D eigenvalue weighted by molar-refractivity contribution is -0.159. The molecule has 1 amide bonds. The van der Waals surface area contributed by atoms with Crippen molar-refractivity contribution < 1.29 is 24.2 Å².